The van der Waals surface area contributed by atoms with E-state index in [0.717, 1.165) is 36.8 Å². The van der Waals surface area contributed by atoms with Crippen molar-refractivity contribution in [1.29, 1.82) is 0 Å². The number of ether oxygens (including phenoxy) is 3. The maximum atomic E-state index is 5.68. The number of rotatable bonds is 1. The molecule has 0 N–H and O–H groups in total. The van der Waals surface area contributed by atoms with E-state index in [1.807, 2.05) is 0 Å². The summed E-state index contributed by atoms with van der Waals surface area (Å²) in [5.41, 5.74) is 2.68. The quantitative estimate of drug-likeness (QED) is 0.792. The van der Waals surface area contributed by atoms with Gasteiger partial charge in [0.05, 0.1) is 7.11 Å². The van der Waals surface area contributed by atoms with Crippen molar-refractivity contribution < 1.29 is 14.2 Å². The Balaban J connectivity index is 1.81. The van der Waals surface area contributed by atoms with Crippen LogP contribution in [0.3, 0.4) is 0 Å². The summed E-state index contributed by atoms with van der Waals surface area (Å²) in [5, 5.41) is 0. The van der Waals surface area contributed by atoms with Crippen molar-refractivity contribution in [3.63, 3.8) is 0 Å². The van der Waals surface area contributed by atoms with Crippen LogP contribution in [0.1, 0.15) is 17.5 Å². The molecule has 1 aromatic rings. The van der Waals surface area contributed by atoms with Gasteiger partial charge in [0.25, 0.3) is 0 Å². The van der Waals surface area contributed by atoms with Crippen molar-refractivity contribution in [2.75, 3.05) is 20.4 Å². The molecule has 3 heterocycles. The number of fused-ring (bicyclic) bond motifs is 2. The number of methoxy groups -OCH3 is 1. The average molecular weight is 283 g/mol. The molecule has 0 radical (unpaired) electrons. The van der Waals surface area contributed by atoms with Crippen LogP contribution in [-0.2, 0) is 12.0 Å². The van der Waals surface area contributed by atoms with Gasteiger partial charge in [-0.25, -0.2) is 0 Å². The van der Waals surface area contributed by atoms with Gasteiger partial charge in [-0.3, -0.25) is 4.90 Å². The van der Waals surface area contributed by atoms with Gasteiger partial charge in [0.1, 0.15) is 0 Å². The molecule has 1 unspecified atom stereocenters. The minimum absolute atomic E-state index is 0.0661. The van der Waals surface area contributed by atoms with Crippen molar-refractivity contribution in [2.24, 2.45) is 0 Å². The molecule has 0 saturated carbocycles. The lowest BCUT2D eigenvalue weighted by atomic mass is 9.68. The van der Waals surface area contributed by atoms with E-state index in [1.165, 1.54) is 11.1 Å². The van der Waals surface area contributed by atoms with E-state index < -0.39 is 0 Å². The lowest BCUT2D eigenvalue weighted by molar-refractivity contribution is 0.171. The van der Waals surface area contributed by atoms with Gasteiger partial charge in [-0.15, -0.1) is 0 Å². The third-order valence-electron chi connectivity index (χ3n) is 5.32. The molecular formula is C17H17NO3. The summed E-state index contributed by atoms with van der Waals surface area (Å²) in [4.78, 5) is 2.53. The Hall–Kier alpha value is -1.94. The first-order chi connectivity index (χ1) is 10.3. The van der Waals surface area contributed by atoms with Crippen molar-refractivity contribution in [2.45, 2.75) is 24.4 Å². The third-order valence-corrected chi connectivity index (χ3v) is 5.32. The number of allylic oxidation sites excluding steroid dienone is 2. The van der Waals surface area contributed by atoms with Crippen molar-refractivity contribution >= 4 is 0 Å². The second-order valence-corrected chi connectivity index (χ2v) is 6.12. The summed E-state index contributed by atoms with van der Waals surface area (Å²) in [5.74, 6) is 2.44. The van der Waals surface area contributed by atoms with Gasteiger partial charge in [0.15, 0.2) is 11.5 Å². The van der Waals surface area contributed by atoms with Gasteiger partial charge >= 0.3 is 0 Å². The molecule has 3 aliphatic heterocycles. The fourth-order valence-corrected chi connectivity index (χ4v) is 4.42. The van der Waals surface area contributed by atoms with Crippen LogP contribution >= 0.6 is 0 Å². The Kier molecular flexibility index (Phi) is 2.13. The van der Waals surface area contributed by atoms with Gasteiger partial charge in [-0.05, 0) is 18.1 Å². The van der Waals surface area contributed by atoms with Crippen molar-refractivity contribution in [1.82, 2.24) is 4.90 Å². The standard InChI is InChI=1S/C17H17NO3/c1-19-15-11-9-18-7-6-17(5-3-2-4-14(17)18)12(11)8-13-16(15)21-10-20-13/h2-5,8,14H,6-7,9-10H2,1H3/t14-,17-/m1/s1. The van der Waals surface area contributed by atoms with Crippen LogP contribution in [0.25, 0.3) is 0 Å². The van der Waals surface area contributed by atoms with E-state index in [4.69, 9.17) is 14.2 Å². The Morgan fingerprint density at radius 3 is 3.19 bits per heavy atom. The molecule has 1 aromatic carbocycles. The predicted octanol–water partition coefficient (Wildman–Crippen LogP) is 2.38. The minimum Gasteiger partial charge on any atom is -0.492 e. The van der Waals surface area contributed by atoms with Crippen LogP contribution in [-0.4, -0.2) is 31.4 Å². The highest BCUT2D eigenvalue weighted by molar-refractivity contribution is 5.65. The molecule has 0 amide bonds. The number of hydrogen-bond donors (Lipinski definition) is 0. The molecule has 4 heteroatoms. The van der Waals surface area contributed by atoms with Crippen molar-refractivity contribution in [3.05, 3.63) is 41.5 Å². The van der Waals surface area contributed by atoms with Gasteiger partial charge in [0, 0.05) is 30.1 Å². The molecule has 2 bridgehead atoms. The predicted molar refractivity (Wildman–Crippen MR) is 77.9 cm³/mol. The lowest BCUT2D eigenvalue weighted by Crippen LogP contribution is -2.45. The van der Waals surface area contributed by atoms with E-state index in [9.17, 15) is 0 Å². The number of benzene rings is 1. The van der Waals surface area contributed by atoms with Crippen LogP contribution in [0.4, 0.5) is 0 Å². The van der Waals surface area contributed by atoms with Gasteiger partial charge < -0.3 is 14.2 Å². The van der Waals surface area contributed by atoms with E-state index >= 15 is 0 Å². The maximum Gasteiger partial charge on any atom is 0.231 e. The lowest BCUT2D eigenvalue weighted by Gasteiger charge is -2.42. The highest BCUT2D eigenvalue weighted by atomic mass is 16.7. The molecule has 108 valence electrons. The molecule has 1 fully saturated rings. The minimum atomic E-state index is 0.0661. The van der Waals surface area contributed by atoms with Crippen LogP contribution in [0.5, 0.6) is 17.2 Å². The van der Waals surface area contributed by atoms with Gasteiger partial charge in [-0.1, -0.05) is 24.3 Å². The zero-order valence-electron chi connectivity index (χ0n) is 12.0. The topological polar surface area (TPSA) is 30.9 Å². The first-order valence-corrected chi connectivity index (χ1v) is 7.43. The first-order valence-electron chi connectivity index (χ1n) is 7.43. The molecule has 1 saturated heterocycles. The molecule has 0 spiro atoms. The average Bonchev–Trinajstić information content (AvgIpc) is 3.09. The molecule has 3 atom stereocenters. The van der Waals surface area contributed by atoms with Crippen LogP contribution in [0.15, 0.2) is 30.4 Å². The largest absolute Gasteiger partial charge is 0.492 e. The summed E-state index contributed by atoms with van der Waals surface area (Å²) < 4.78 is 16.9. The van der Waals surface area contributed by atoms with E-state index in [2.05, 4.69) is 35.3 Å². The molecule has 4 nitrogen and oxygen atoms in total. The summed E-state index contributed by atoms with van der Waals surface area (Å²) in [6.45, 7) is 2.31. The van der Waals surface area contributed by atoms with Crippen LogP contribution in [0, 0.1) is 0 Å². The van der Waals surface area contributed by atoms with E-state index in [-0.39, 0.29) is 12.2 Å². The molecule has 21 heavy (non-hydrogen) atoms. The highest BCUT2D eigenvalue weighted by Gasteiger charge is 2.52. The highest BCUT2D eigenvalue weighted by Crippen LogP contribution is 2.56. The zero-order chi connectivity index (χ0) is 14.0. The normalized spacial score (nSPS) is 33.8. The molecular weight excluding hydrogens is 266 g/mol. The van der Waals surface area contributed by atoms with Crippen LogP contribution in [0.2, 0.25) is 0 Å². The number of hydrogen-bond acceptors (Lipinski definition) is 4. The molecule has 1 aliphatic carbocycles. The Bertz CT molecular complexity index is 694. The Morgan fingerprint density at radius 2 is 2.29 bits per heavy atom. The summed E-state index contributed by atoms with van der Waals surface area (Å²) >= 11 is 0. The maximum absolute atomic E-state index is 5.68. The van der Waals surface area contributed by atoms with Gasteiger partial charge in [-0.2, -0.15) is 0 Å². The second-order valence-electron chi connectivity index (χ2n) is 6.12. The zero-order valence-corrected chi connectivity index (χ0v) is 12.0. The van der Waals surface area contributed by atoms with Gasteiger partial charge in [0.2, 0.25) is 12.5 Å². The molecule has 5 rings (SSSR count). The first kappa shape index (κ1) is 11.7. The summed E-state index contributed by atoms with van der Waals surface area (Å²) in [6, 6.07) is 2.64. The van der Waals surface area contributed by atoms with Crippen molar-refractivity contribution in [3.8, 4) is 17.2 Å². The molecule has 0 aromatic heterocycles. The fraction of sp³-hybridized carbons (Fsp3) is 0.412. The van der Waals surface area contributed by atoms with Crippen LogP contribution < -0.4 is 14.2 Å². The smallest absolute Gasteiger partial charge is 0.231 e. The SMILES string of the molecule is COc1c2c(cc3c1OCO3)[C@]13C=CC=C[C@H]1N(CC3)C2. The molecule has 4 aliphatic rings. The number of nitrogens with zero attached hydrogens (tertiary/aromatic N) is 1. The second kappa shape index (κ2) is 3.83. The Labute approximate surface area is 123 Å². The fourth-order valence-electron chi connectivity index (χ4n) is 4.42. The summed E-state index contributed by atoms with van der Waals surface area (Å²) in [6.07, 6.45) is 10.2. The van der Waals surface area contributed by atoms with E-state index in [1.54, 1.807) is 7.11 Å². The monoisotopic (exact) mass is 283 g/mol. The Morgan fingerprint density at radius 1 is 1.33 bits per heavy atom. The van der Waals surface area contributed by atoms with E-state index in [0.29, 0.717) is 6.04 Å². The third kappa shape index (κ3) is 1.29. The summed E-state index contributed by atoms with van der Waals surface area (Å²) in [7, 11) is 1.72.